The van der Waals surface area contributed by atoms with Gasteiger partial charge in [-0.2, -0.15) is 0 Å². The van der Waals surface area contributed by atoms with Gasteiger partial charge in [-0.05, 0) is 42.7 Å². The molecule has 0 bridgehead atoms. The van der Waals surface area contributed by atoms with Crippen molar-refractivity contribution in [3.05, 3.63) is 6.33 Å². The fraction of sp³-hybridized carbons (Fsp3) is 0.800. The van der Waals surface area contributed by atoms with Crippen LogP contribution in [-0.2, 0) is 11.3 Å². The summed E-state index contributed by atoms with van der Waals surface area (Å²) in [7, 11) is 0. The van der Waals surface area contributed by atoms with E-state index in [4.69, 9.17) is 5.73 Å². The van der Waals surface area contributed by atoms with Crippen LogP contribution in [-0.4, -0.2) is 50.1 Å². The predicted octanol–water partition coefficient (Wildman–Crippen LogP) is -0.175. The van der Waals surface area contributed by atoms with Gasteiger partial charge < -0.3 is 10.6 Å². The van der Waals surface area contributed by atoms with Crippen molar-refractivity contribution in [2.75, 3.05) is 13.1 Å². The maximum atomic E-state index is 12.1. The van der Waals surface area contributed by atoms with Gasteiger partial charge in [0.2, 0.25) is 5.91 Å². The van der Waals surface area contributed by atoms with E-state index in [1.807, 2.05) is 4.90 Å². The van der Waals surface area contributed by atoms with Gasteiger partial charge in [-0.25, -0.2) is 4.68 Å². The molecule has 0 radical (unpaired) electrons. The van der Waals surface area contributed by atoms with Gasteiger partial charge in [0, 0.05) is 12.6 Å². The summed E-state index contributed by atoms with van der Waals surface area (Å²) >= 11 is 0. The molecule has 0 saturated carbocycles. The maximum Gasteiger partial charge on any atom is 0.244 e. The molecule has 7 nitrogen and oxygen atoms in total. The molecule has 1 fully saturated rings. The number of tetrazole rings is 1. The van der Waals surface area contributed by atoms with Gasteiger partial charge in [0.05, 0.1) is 0 Å². The highest BCUT2D eigenvalue weighted by Gasteiger charge is 2.26. The van der Waals surface area contributed by atoms with Crippen molar-refractivity contribution < 1.29 is 4.79 Å². The Morgan fingerprint density at radius 1 is 1.44 bits per heavy atom. The van der Waals surface area contributed by atoms with Crippen LogP contribution in [0.4, 0.5) is 0 Å². The smallest absolute Gasteiger partial charge is 0.244 e. The minimum Gasteiger partial charge on any atom is -0.338 e. The lowest BCUT2D eigenvalue weighted by Crippen LogP contribution is -2.46. The third kappa shape index (κ3) is 3.64. The summed E-state index contributed by atoms with van der Waals surface area (Å²) in [4.78, 5) is 14.0. The summed E-state index contributed by atoms with van der Waals surface area (Å²) in [5.41, 5.74) is 5.58. The molecule has 1 unspecified atom stereocenters. The van der Waals surface area contributed by atoms with Crippen LogP contribution in [0.3, 0.4) is 0 Å². The van der Waals surface area contributed by atoms with E-state index in [9.17, 15) is 4.79 Å². The second-order valence-corrected chi connectivity index (χ2v) is 4.32. The van der Waals surface area contributed by atoms with Crippen LogP contribution < -0.4 is 5.73 Å². The first-order chi connectivity index (χ1) is 8.31. The van der Waals surface area contributed by atoms with E-state index in [1.54, 1.807) is 0 Å². The molecule has 1 aromatic heterocycles. The Kier molecular flexibility index (Phi) is 6.00. The highest BCUT2D eigenvalue weighted by atomic mass is 35.5. The number of hydrogen-bond donors (Lipinski definition) is 1. The average molecular weight is 275 g/mol. The molecule has 1 saturated heterocycles. The lowest BCUT2D eigenvalue weighted by atomic mass is 9.99. The number of rotatable bonds is 4. The molecule has 1 amide bonds. The number of piperidine rings is 1. The van der Waals surface area contributed by atoms with Gasteiger partial charge in [-0.15, -0.1) is 17.5 Å². The summed E-state index contributed by atoms with van der Waals surface area (Å²) in [5, 5.41) is 10.7. The van der Waals surface area contributed by atoms with Crippen molar-refractivity contribution >= 4 is 18.3 Å². The number of carbonyl (C=O) groups excluding carboxylic acids is 1. The van der Waals surface area contributed by atoms with Crippen LogP contribution in [0.5, 0.6) is 0 Å². The zero-order valence-corrected chi connectivity index (χ0v) is 11.1. The van der Waals surface area contributed by atoms with E-state index < -0.39 is 0 Å². The van der Waals surface area contributed by atoms with E-state index in [0.717, 1.165) is 25.8 Å². The Labute approximate surface area is 112 Å². The predicted molar refractivity (Wildman–Crippen MR) is 68.1 cm³/mol. The van der Waals surface area contributed by atoms with Crippen molar-refractivity contribution in [1.29, 1.82) is 0 Å². The van der Waals surface area contributed by atoms with E-state index >= 15 is 0 Å². The Balaban J connectivity index is 0.00000162. The number of nitrogens with zero attached hydrogens (tertiary/aromatic N) is 5. The molecular formula is C10H19ClN6O. The first-order valence-electron chi connectivity index (χ1n) is 6.01. The Morgan fingerprint density at radius 2 is 2.28 bits per heavy atom. The molecule has 1 aliphatic rings. The SMILES string of the molecule is Cl.NCCC1CCCCN1C(=O)Cn1cnnn1. The minimum atomic E-state index is 0. The van der Waals surface area contributed by atoms with Crippen molar-refractivity contribution in [1.82, 2.24) is 25.1 Å². The number of carbonyl (C=O) groups is 1. The highest BCUT2D eigenvalue weighted by Crippen LogP contribution is 2.19. The third-order valence-electron chi connectivity index (χ3n) is 3.14. The standard InChI is InChI=1S/C10H18N6O.ClH/c11-5-4-9-3-1-2-6-16(9)10(17)7-15-8-12-13-14-15;/h8-9H,1-7,11H2;1H. The fourth-order valence-electron chi connectivity index (χ4n) is 2.30. The van der Waals surface area contributed by atoms with Crippen molar-refractivity contribution in [3.63, 3.8) is 0 Å². The molecule has 0 aromatic carbocycles. The Hall–Kier alpha value is -1.21. The normalized spacial score (nSPS) is 19.4. The lowest BCUT2D eigenvalue weighted by molar-refractivity contribution is -0.135. The van der Waals surface area contributed by atoms with Gasteiger partial charge >= 0.3 is 0 Å². The maximum absolute atomic E-state index is 12.1. The summed E-state index contributed by atoms with van der Waals surface area (Å²) in [6, 6.07) is 0.290. The van der Waals surface area contributed by atoms with Gasteiger partial charge in [0.15, 0.2) is 0 Å². The zero-order valence-electron chi connectivity index (χ0n) is 10.2. The second kappa shape index (κ2) is 7.27. The molecule has 0 spiro atoms. The lowest BCUT2D eigenvalue weighted by Gasteiger charge is -2.35. The average Bonchev–Trinajstić information content (AvgIpc) is 2.83. The summed E-state index contributed by atoms with van der Waals surface area (Å²) in [6.45, 7) is 1.67. The van der Waals surface area contributed by atoms with Crippen LogP contribution in [0, 0.1) is 0 Å². The van der Waals surface area contributed by atoms with E-state index in [1.165, 1.54) is 17.4 Å². The number of likely N-dealkylation sites (tertiary alicyclic amines) is 1. The topological polar surface area (TPSA) is 89.9 Å². The van der Waals surface area contributed by atoms with Gasteiger partial charge in [-0.1, -0.05) is 0 Å². The van der Waals surface area contributed by atoms with Crippen LogP contribution in [0.2, 0.25) is 0 Å². The number of amides is 1. The van der Waals surface area contributed by atoms with Crippen molar-refractivity contribution in [3.8, 4) is 0 Å². The monoisotopic (exact) mass is 274 g/mol. The van der Waals surface area contributed by atoms with Crippen LogP contribution >= 0.6 is 12.4 Å². The van der Waals surface area contributed by atoms with Crippen LogP contribution in [0.25, 0.3) is 0 Å². The van der Waals surface area contributed by atoms with Crippen molar-refractivity contribution in [2.45, 2.75) is 38.3 Å². The first-order valence-corrected chi connectivity index (χ1v) is 6.01. The largest absolute Gasteiger partial charge is 0.338 e. The molecule has 1 aliphatic heterocycles. The van der Waals surface area contributed by atoms with Crippen LogP contribution in [0.1, 0.15) is 25.7 Å². The second-order valence-electron chi connectivity index (χ2n) is 4.32. The molecule has 0 aliphatic carbocycles. The zero-order chi connectivity index (χ0) is 12.1. The number of aromatic nitrogens is 4. The van der Waals surface area contributed by atoms with Crippen molar-refractivity contribution in [2.24, 2.45) is 5.73 Å². The summed E-state index contributed by atoms with van der Waals surface area (Å²) < 4.78 is 1.45. The quantitative estimate of drug-likeness (QED) is 0.823. The Morgan fingerprint density at radius 3 is 2.94 bits per heavy atom. The minimum absolute atomic E-state index is 0. The molecule has 1 aromatic rings. The molecule has 2 rings (SSSR count). The Bertz CT molecular complexity index is 355. The summed E-state index contributed by atoms with van der Waals surface area (Å²) in [5.74, 6) is 0.0791. The van der Waals surface area contributed by atoms with Gasteiger partial charge in [0.1, 0.15) is 12.9 Å². The number of nitrogens with two attached hydrogens (primary N) is 1. The van der Waals surface area contributed by atoms with Crippen LogP contribution in [0.15, 0.2) is 6.33 Å². The molecule has 1 atom stereocenters. The molecular weight excluding hydrogens is 256 g/mol. The first kappa shape index (κ1) is 14.8. The third-order valence-corrected chi connectivity index (χ3v) is 3.14. The number of hydrogen-bond acceptors (Lipinski definition) is 5. The summed E-state index contributed by atoms with van der Waals surface area (Å²) in [6.07, 6.45) is 5.64. The van der Waals surface area contributed by atoms with Gasteiger partial charge in [0.25, 0.3) is 0 Å². The number of halogens is 1. The van der Waals surface area contributed by atoms with E-state index in [2.05, 4.69) is 15.5 Å². The highest BCUT2D eigenvalue weighted by molar-refractivity contribution is 5.85. The van der Waals surface area contributed by atoms with Gasteiger partial charge in [-0.3, -0.25) is 4.79 Å². The molecule has 2 heterocycles. The molecule has 102 valence electrons. The molecule has 18 heavy (non-hydrogen) atoms. The fourth-order valence-corrected chi connectivity index (χ4v) is 2.30. The van der Waals surface area contributed by atoms with E-state index in [-0.39, 0.29) is 30.9 Å². The molecule has 8 heteroatoms. The molecule has 2 N–H and O–H groups in total. The van der Waals surface area contributed by atoms with E-state index in [0.29, 0.717) is 6.54 Å².